The van der Waals surface area contributed by atoms with E-state index in [1.165, 1.54) is 18.2 Å². The van der Waals surface area contributed by atoms with Gasteiger partial charge in [-0.05, 0) is 67.4 Å². The van der Waals surface area contributed by atoms with E-state index in [-0.39, 0.29) is 29.1 Å². The zero-order valence-corrected chi connectivity index (χ0v) is 20.9. The summed E-state index contributed by atoms with van der Waals surface area (Å²) in [5.41, 5.74) is 2.13. The summed E-state index contributed by atoms with van der Waals surface area (Å²) in [6.07, 6.45) is 0. The van der Waals surface area contributed by atoms with Crippen LogP contribution in [0.4, 0.5) is 5.69 Å². The van der Waals surface area contributed by atoms with E-state index in [0.29, 0.717) is 11.4 Å². The number of rotatable bonds is 6. The molecule has 0 radical (unpaired) electrons. The number of Topliss-reactive ketones (excluding diaryl/α,β-unsaturated/α-hetero) is 1. The van der Waals surface area contributed by atoms with Gasteiger partial charge in [-0.25, -0.2) is 9.69 Å². The third kappa shape index (κ3) is 4.77. The normalized spacial score (nSPS) is 13.0. The molecule has 0 bridgehead atoms. The molecule has 7 heteroatoms. The van der Waals surface area contributed by atoms with Gasteiger partial charge in [0, 0.05) is 5.41 Å². The van der Waals surface area contributed by atoms with E-state index >= 15 is 0 Å². The van der Waals surface area contributed by atoms with Crippen molar-refractivity contribution in [2.45, 2.75) is 34.6 Å². The number of carbonyl (C=O) groups is 4. The van der Waals surface area contributed by atoms with Gasteiger partial charge in [0.1, 0.15) is 11.5 Å². The van der Waals surface area contributed by atoms with Crippen LogP contribution in [0.2, 0.25) is 0 Å². The Morgan fingerprint density at radius 1 is 0.833 bits per heavy atom. The van der Waals surface area contributed by atoms with Crippen molar-refractivity contribution in [2.24, 2.45) is 5.41 Å². The maximum Gasteiger partial charge on any atom is 0.338 e. The second-order valence-electron chi connectivity index (χ2n) is 9.77. The predicted molar refractivity (Wildman–Crippen MR) is 135 cm³/mol. The highest BCUT2D eigenvalue weighted by Crippen LogP contribution is 2.33. The van der Waals surface area contributed by atoms with Gasteiger partial charge in [0.15, 0.2) is 12.4 Å². The van der Waals surface area contributed by atoms with Crippen LogP contribution < -0.4 is 9.64 Å². The van der Waals surface area contributed by atoms with Crippen molar-refractivity contribution in [1.82, 2.24) is 0 Å². The summed E-state index contributed by atoms with van der Waals surface area (Å²) in [7, 11) is 0. The zero-order valence-electron chi connectivity index (χ0n) is 20.9. The molecular formula is C29H27NO6. The predicted octanol–water partition coefficient (Wildman–Crippen LogP) is 5.67. The Morgan fingerprint density at radius 2 is 1.44 bits per heavy atom. The van der Waals surface area contributed by atoms with Crippen LogP contribution in [0.15, 0.2) is 60.7 Å². The van der Waals surface area contributed by atoms with Crippen molar-refractivity contribution in [3.05, 3.63) is 88.5 Å². The van der Waals surface area contributed by atoms with Gasteiger partial charge in [-0.2, -0.15) is 0 Å². The lowest BCUT2D eigenvalue weighted by Gasteiger charge is -2.16. The Hall–Kier alpha value is -4.26. The molecule has 2 amide bonds. The molecule has 1 heterocycles. The van der Waals surface area contributed by atoms with E-state index in [9.17, 15) is 19.2 Å². The van der Waals surface area contributed by atoms with E-state index < -0.39 is 23.2 Å². The average molecular weight is 486 g/mol. The average Bonchev–Trinajstić information content (AvgIpc) is 3.09. The van der Waals surface area contributed by atoms with Crippen molar-refractivity contribution >= 4 is 29.3 Å². The first-order valence-corrected chi connectivity index (χ1v) is 11.5. The summed E-state index contributed by atoms with van der Waals surface area (Å²) in [5, 5.41) is 0. The van der Waals surface area contributed by atoms with Crippen molar-refractivity contribution in [1.29, 1.82) is 0 Å². The quantitative estimate of drug-likeness (QED) is 0.330. The summed E-state index contributed by atoms with van der Waals surface area (Å²) in [5.74, 6) is -0.654. The molecule has 0 saturated heterocycles. The van der Waals surface area contributed by atoms with Gasteiger partial charge in [-0.15, -0.1) is 0 Å². The standard InChI is InChI=1S/C29H27NO6/c1-17-7-6-8-18(2)25(17)36-21-12-10-20(11-13-21)30-26(32)22-14-9-19(15-23(22)27(30)33)28(34)35-16-24(31)29(3,4)5/h6-15H,16H2,1-5H3. The summed E-state index contributed by atoms with van der Waals surface area (Å²) in [6, 6.07) is 16.7. The monoisotopic (exact) mass is 485 g/mol. The van der Waals surface area contributed by atoms with Gasteiger partial charge in [0.25, 0.3) is 11.8 Å². The van der Waals surface area contributed by atoms with Gasteiger partial charge < -0.3 is 9.47 Å². The molecule has 0 aromatic heterocycles. The summed E-state index contributed by atoms with van der Waals surface area (Å²) in [4.78, 5) is 51.7. The van der Waals surface area contributed by atoms with E-state index in [1.54, 1.807) is 45.0 Å². The summed E-state index contributed by atoms with van der Waals surface area (Å²) >= 11 is 0. The Kier molecular flexibility index (Phi) is 6.50. The van der Waals surface area contributed by atoms with Crippen LogP contribution in [0, 0.1) is 19.3 Å². The number of hydrogen-bond donors (Lipinski definition) is 0. The fraction of sp³-hybridized carbons (Fsp3) is 0.241. The molecule has 0 atom stereocenters. The van der Waals surface area contributed by atoms with Crippen LogP contribution in [0.1, 0.15) is 63.0 Å². The highest BCUT2D eigenvalue weighted by atomic mass is 16.5. The first kappa shape index (κ1) is 24.9. The topological polar surface area (TPSA) is 90.0 Å². The lowest BCUT2D eigenvalue weighted by molar-refractivity contribution is -0.129. The van der Waals surface area contributed by atoms with Crippen LogP contribution in [-0.4, -0.2) is 30.2 Å². The van der Waals surface area contributed by atoms with Crippen molar-refractivity contribution < 1.29 is 28.7 Å². The fourth-order valence-corrected chi connectivity index (χ4v) is 3.77. The Bertz CT molecular complexity index is 1360. The largest absolute Gasteiger partial charge is 0.457 e. The van der Waals surface area contributed by atoms with Gasteiger partial charge in [-0.1, -0.05) is 39.0 Å². The molecule has 1 aliphatic heterocycles. The molecule has 1 aliphatic rings. The van der Waals surface area contributed by atoms with Crippen LogP contribution in [0.5, 0.6) is 11.5 Å². The number of para-hydroxylation sites is 1. The van der Waals surface area contributed by atoms with E-state index in [4.69, 9.17) is 9.47 Å². The Labute approximate surface area is 209 Å². The number of fused-ring (bicyclic) bond motifs is 1. The molecule has 0 spiro atoms. The minimum absolute atomic E-state index is 0.0933. The lowest BCUT2D eigenvalue weighted by Crippen LogP contribution is -2.29. The number of nitrogens with zero attached hydrogens (tertiary/aromatic N) is 1. The highest BCUT2D eigenvalue weighted by molar-refractivity contribution is 6.34. The Balaban J connectivity index is 1.51. The third-order valence-corrected chi connectivity index (χ3v) is 6.02. The maximum atomic E-state index is 13.1. The fourth-order valence-electron chi connectivity index (χ4n) is 3.77. The molecule has 184 valence electrons. The molecule has 0 aliphatic carbocycles. The number of esters is 1. The SMILES string of the molecule is Cc1cccc(C)c1Oc1ccc(N2C(=O)c3ccc(C(=O)OCC(=O)C(C)(C)C)cc3C2=O)cc1. The second kappa shape index (κ2) is 9.41. The number of benzene rings is 3. The molecule has 3 aromatic carbocycles. The van der Waals surface area contributed by atoms with Crippen LogP contribution in [0.3, 0.4) is 0 Å². The van der Waals surface area contributed by atoms with E-state index in [0.717, 1.165) is 21.8 Å². The number of imide groups is 1. The van der Waals surface area contributed by atoms with Gasteiger partial charge >= 0.3 is 5.97 Å². The third-order valence-electron chi connectivity index (χ3n) is 6.02. The Morgan fingerprint density at radius 3 is 2.06 bits per heavy atom. The number of ether oxygens (including phenoxy) is 2. The second-order valence-corrected chi connectivity index (χ2v) is 9.77. The van der Waals surface area contributed by atoms with E-state index in [1.807, 2.05) is 32.0 Å². The van der Waals surface area contributed by atoms with Crippen LogP contribution in [0.25, 0.3) is 0 Å². The van der Waals surface area contributed by atoms with Gasteiger partial charge in [0.05, 0.1) is 22.4 Å². The number of ketones is 1. The molecule has 0 saturated carbocycles. The minimum Gasteiger partial charge on any atom is -0.457 e. The first-order valence-electron chi connectivity index (χ1n) is 11.5. The molecule has 0 N–H and O–H groups in total. The van der Waals surface area contributed by atoms with Crippen molar-refractivity contribution in [3.8, 4) is 11.5 Å². The maximum absolute atomic E-state index is 13.1. The van der Waals surface area contributed by atoms with Gasteiger partial charge in [-0.3, -0.25) is 14.4 Å². The molecule has 36 heavy (non-hydrogen) atoms. The molecule has 4 rings (SSSR count). The minimum atomic E-state index is -0.734. The number of aryl methyl sites for hydroxylation is 2. The van der Waals surface area contributed by atoms with Crippen LogP contribution in [-0.2, 0) is 9.53 Å². The van der Waals surface area contributed by atoms with Gasteiger partial charge in [0.2, 0.25) is 0 Å². The lowest BCUT2D eigenvalue weighted by atomic mass is 9.91. The number of carbonyl (C=O) groups excluding carboxylic acids is 4. The molecule has 0 unspecified atom stereocenters. The molecule has 3 aromatic rings. The number of amides is 2. The van der Waals surface area contributed by atoms with Crippen molar-refractivity contribution in [2.75, 3.05) is 11.5 Å². The smallest absolute Gasteiger partial charge is 0.338 e. The van der Waals surface area contributed by atoms with Crippen LogP contribution >= 0.6 is 0 Å². The summed E-state index contributed by atoms with van der Waals surface area (Å²) < 4.78 is 11.1. The molecule has 7 nitrogen and oxygen atoms in total. The highest BCUT2D eigenvalue weighted by Gasteiger charge is 2.37. The molecular weight excluding hydrogens is 458 g/mol. The summed E-state index contributed by atoms with van der Waals surface area (Å²) in [6.45, 7) is 8.76. The first-order chi connectivity index (χ1) is 17.0. The van der Waals surface area contributed by atoms with Crippen molar-refractivity contribution in [3.63, 3.8) is 0 Å². The number of anilines is 1. The van der Waals surface area contributed by atoms with E-state index in [2.05, 4.69) is 0 Å². The number of hydrogen-bond acceptors (Lipinski definition) is 6. The molecule has 0 fully saturated rings. The zero-order chi connectivity index (χ0) is 26.2.